The Balaban J connectivity index is 1.89. The van der Waals surface area contributed by atoms with E-state index in [0.29, 0.717) is 23.8 Å². The SMILES string of the molecule is CCOc1cc2c(cc1NC(=O)c1ccnc(C(=O)O)c1)OC(C)C2. The van der Waals surface area contributed by atoms with Crippen molar-refractivity contribution in [3.8, 4) is 11.5 Å². The molecule has 1 amide bonds. The van der Waals surface area contributed by atoms with Gasteiger partial charge in [0.1, 0.15) is 23.3 Å². The Morgan fingerprint density at radius 1 is 1.40 bits per heavy atom. The first-order valence-electron chi connectivity index (χ1n) is 7.95. The minimum absolute atomic E-state index is 0.0775. The Morgan fingerprint density at radius 3 is 2.92 bits per heavy atom. The topological polar surface area (TPSA) is 97.8 Å². The maximum atomic E-state index is 12.5. The zero-order valence-electron chi connectivity index (χ0n) is 13.9. The highest BCUT2D eigenvalue weighted by molar-refractivity contribution is 6.06. The van der Waals surface area contributed by atoms with Crippen molar-refractivity contribution < 1.29 is 24.2 Å². The van der Waals surface area contributed by atoms with Crippen molar-refractivity contribution in [2.75, 3.05) is 11.9 Å². The van der Waals surface area contributed by atoms with Crippen LogP contribution >= 0.6 is 0 Å². The van der Waals surface area contributed by atoms with E-state index >= 15 is 0 Å². The minimum atomic E-state index is -1.19. The van der Waals surface area contributed by atoms with Gasteiger partial charge in [-0.05, 0) is 32.0 Å². The molecule has 1 aromatic heterocycles. The molecule has 0 fully saturated rings. The lowest BCUT2D eigenvalue weighted by molar-refractivity contribution is 0.0690. The van der Waals surface area contributed by atoms with Crippen molar-refractivity contribution in [1.82, 2.24) is 4.98 Å². The number of anilines is 1. The second-order valence-corrected chi connectivity index (χ2v) is 5.71. The summed E-state index contributed by atoms with van der Waals surface area (Å²) in [5, 5.41) is 11.8. The van der Waals surface area contributed by atoms with E-state index in [4.69, 9.17) is 14.6 Å². The molecule has 1 atom stereocenters. The second-order valence-electron chi connectivity index (χ2n) is 5.71. The smallest absolute Gasteiger partial charge is 0.354 e. The lowest BCUT2D eigenvalue weighted by atomic mass is 10.1. The largest absolute Gasteiger partial charge is 0.492 e. The number of amides is 1. The summed E-state index contributed by atoms with van der Waals surface area (Å²) >= 11 is 0. The first kappa shape index (κ1) is 16.8. The highest BCUT2D eigenvalue weighted by atomic mass is 16.5. The number of pyridine rings is 1. The van der Waals surface area contributed by atoms with Crippen LogP contribution in [0.3, 0.4) is 0 Å². The summed E-state index contributed by atoms with van der Waals surface area (Å²) in [6.45, 7) is 4.29. The van der Waals surface area contributed by atoms with Crippen LogP contribution in [0.5, 0.6) is 11.5 Å². The normalized spacial score (nSPS) is 15.2. The Labute approximate surface area is 144 Å². The van der Waals surface area contributed by atoms with Crippen molar-refractivity contribution >= 4 is 17.6 Å². The van der Waals surface area contributed by atoms with Gasteiger partial charge in [0.2, 0.25) is 0 Å². The average Bonchev–Trinajstić information content (AvgIpc) is 2.94. The Bertz CT molecular complexity index is 834. The molecule has 2 aromatic rings. The quantitative estimate of drug-likeness (QED) is 0.867. The lowest BCUT2D eigenvalue weighted by Gasteiger charge is -2.13. The number of carboxylic acid groups (broad SMARTS) is 1. The summed E-state index contributed by atoms with van der Waals surface area (Å²) in [5.74, 6) is -0.367. The van der Waals surface area contributed by atoms with Crippen LogP contribution in [0.25, 0.3) is 0 Å². The van der Waals surface area contributed by atoms with Gasteiger partial charge in [0, 0.05) is 29.8 Å². The van der Waals surface area contributed by atoms with E-state index in [9.17, 15) is 9.59 Å². The third kappa shape index (κ3) is 3.55. The predicted molar refractivity (Wildman–Crippen MR) is 90.6 cm³/mol. The Kier molecular flexibility index (Phi) is 4.56. The molecule has 1 aliphatic rings. The molecule has 25 heavy (non-hydrogen) atoms. The molecule has 2 heterocycles. The van der Waals surface area contributed by atoms with Gasteiger partial charge >= 0.3 is 5.97 Å². The molecule has 1 aromatic carbocycles. The maximum Gasteiger partial charge on any atom is 0.354 e. The highest BCUT2D eigenvalue weighted by Crippen LogP contribution is 2.38. The third-order valence-corrected chi connectivity index (χ3v) is 3.79. The molecule has 2 N–H and O–H groups in total. The summed E-state index contributed by atoms with van der Waals surface area (Å²) in [6.07, 6.45) is 2.15. The molecule has 1 unspecified atom stereocenters. The molecule has 1 aliphatic heterocycles. The van der Waals surface area contributed by atoms with Gasteiger partial charge in [0.25, 0.3) is 5.91 Å². The van der Waals surface area contributed by atoms with Gasteiger partial charge in [-0.3, -0.25) is 4.79 Å². The molecule has 0 bridgehead atoms. The fraction of sp³-hybridized carbons (Fsp3) is 0.278. The highest BCUT2D eigenvalue weighted by Gasteiger charge is 2.23. The summed E-state index contributed by atoms with van der Waals surface area (Å²) in [7, 11) is 0. The number of nitrogens with one attached hydrogen (secondary N) is 1. The number of ether oxygens (including phenoxy) is 2. The second kappa shape index (κ2) is 6.80. The molecule has 0 saturated carbocycles. The van der Waals surface area contributed by atoms with Gasteiger partial charge in [-0.15, -0.1) is 0 Å². The average molecular weight is 342 g/mol. The number of nitrogens with zero attached hydrogens (tertiary/aromatic N) is 1. The van der Waals surface area contributed by atoms with Gasteiger partial charge in [-0.25, -0.2) is 9.78 Å². The third-order valence-electron chi connectivity index (χ3n) is 3.79. The van der Waals surface area contributed by atoms with Gasteiger partial charge in [0.05, 0.1) is 12.3 Å². The number of aromatic nitrogens is 1. The number of fused-ring (bicyclic) bond motifs is 1. The first-order chi connectivity index (χ1) is 12.0. The zero-order valence-corrected chi connectivity index (χ0v) is 13.9. The van der Waals surface area contributed by atoms with E-state index in [1.165, 1.54) is 18.3 Å². The van der Waals surface area contributed by atoms with E-state index in [2.05, 4.69) is 10.3 Å². The van der Waals surface area contributed by atoms with E-state index in [-0.39, 0.29) is 17.4 Å². The number of benzene rings is 1. The molecule has 0 radical (unpaired) electrons. The Hall–Kier alpha value is -3.09. The molecule has 7 heteroatoms. The van der Waals surface area contributed by atoms with Gasteiger partial charge < -0.3 is 19.9 Å². The van der Waals surface area contributed by atoms with E-state index < -0.39 is 11.9 Å². The molecule has 130 valence electrons. The van der Waals surface area contributed by atoms with Gasteiger partial charge in [-0.1, -0.05) is 0 Å². The number of carboxylic acids is 1. The number of rotatable bonds is 5. The van der Waals surface area contributed by atoms with Crippen LogP contribution in [-0.4, -0.2) is 34.7 Å². The van der Waals surface area contributed by atoms with Crippen LogP contribution in [-0.2, 0) is 6.42 Å². The van der Waals surface area contributed by atoms with Crippen molar-refractivity contribution in [2.24, 2.45) is 0 Å². The number of hydrogen-bond acceptors (Lipinski definition) is 5. The fourth-order valence-corrected chi connectivity index (χ4v) is 2.70. The molecule has 0 saturated heterocycles. The number of carbonyl (C=O) groups is 2. The molecular weight excluding hydrogens is 324 g/mol. The van der Waals surface area contributed by atoms with E-state index in [0.717, 1.165) is 12.0 Å². The van der Waals surface area contributed by atoms with Crippen LogP contribution in [0.1, 0.15) is 40.3 Å². The minimum Gasteiger partial charge on any atom is -0.492 e. The molecule has 0 aliphatic carbocycles. The van der Waals surface area contributed by atoms with E-state index in [1.54, 1.807) is 6.07 Å². The number of aromatic carboxylic acids is 1. The molecule has 7 nitrogen and oxygen atoms in total. The maximum absolute atomic E-state index is 12.5. The summed E-state index contributed by atoms with van der Waals surface area (Å²) < 4.78 is 11.3. The van der Waals surface area contributed by atoms with Gasteiger partial charge in [0.15, 0.2) is 0 Å². The standard InChI is InChI=1S/C18H18N2O5/c1-3-24-16-8-12-6-10(2)25-15(12)9-13(16)20-17(21)11-4-5-19-14(7-11)18(22)23/h4-5,7-10H,3,6H2,1-2H3,(H,20,21)(H,22,23). The Morgan fingerprint density at radius 2 is 2.20 bits per heavy atom. The van der Waals surface area contributed by atoms with Crippen molar-refractivity contribution in [2.45, 2.75) is 26.4 Å². The first-order valence-corrected chi connectivity index (χ1v) is 7.95. The molecule has 0 spiro atoms. The fourth-order valence-electron chi connectivity index (χ4n) is 2.70. The molecule has 3 rings (SSSR count). The number of hydrogen-bond donors (Lipinski definition) is 2. The summed E-state index contributed by atoms with van der Waals surface area (Å²) in [4.78, 5) is 27.2. The van der Waals surface area contributed by atoms with Crippen LogP contribution < -0.4 is 14.8 Å². The predicted octanol–water partition coefficient (Wildman–Crippen LogP) is 2.75. The van der Waals surface area contributed by atoms with Crippen molar-refractivity contribution in [3.63, 3.8) is 0 Å². The van der Waals surface area contributed by atoms with Crippen LogP contribution in [0.15, 0.2) is 30.5 Å². The van der Waals surface area contributed by atoms with Crippen molar-refractivity contribution in [1.29, 1.82) is 0 Å². The van der Waals surface area contributed by atoms with E-state index in [1.807, 2.05) is 19.9 Å². The van der Waals surface area contributed by atoms with Crippen LogP contribution in [0, 0.1) is 0 Å². The zero-order chi connectivity index (χ0) is 18.0. The van der Waals surface area contributed by atoms with Crippen LogP contribution in [0.2, 0.25) is 0 Å². The summed E-state index contributed by atoms with van der Waals surface area (Å²) in [5.41, 5.74) is 1.52. The molecular formula is C18H18N2O5. The summed E-state index contributed by atoms with van der Waals surface area (Å²) in [6, 6.07) is 6.28. The number of carbonyl (C=O) groups excluding carboxylic acids is 1. The van der Waals surface area contributed by atoms with Crippen LogP contribution in [0.4, 0.5) is 5.69 Å². The monoisotopic (exact) mass is 342 g/mol. The van der Waals surface area contributed by atoms with Crippen molar-refractivity contribution in [3.05, 3.63) is 47.3 Å². The van der Waals surface area contributed by atoms with Gasteiger partial charge in [-0.2, -0.15) is 0 Å². The lowest BCUT2D eigenvalue weighted by Crippen LogP contribution is -2.14.